The summed E-state index contributed by atoms with van der Waals surface area (Å²) in [7, 11) is -3.90. The molecule has 0 spiro atoms. The van der Waals surface area contributed by atoms with E-state index in [0.29, 0.717) is 6.61 Å². The van der Waals surface area contributed by atoms with Gasteiger partial charge < -0.3 is 10.1 Å². The average Bonchev–Trinajstić information content (AvgIpc) is 2.75. The second-order valence-electron chi connectivity index (χ2n) is 6.78. The molecule has 0 unspecified atom stereocenters. The van der Waals surface area contributed by atoms with E-state index >= 15 is 0 Å². The number of halogens is 1. The van der Waals surface area contributed by atoms with Crippen molar-refractivity contribution in [3.63, 3.8) is 0 Å². The molecule has 31 heavy (non-hydrogen) atoms. The number of hydrogen-bond acceptors (Lipinski definition) is 4. The molecule has 6 nitrogen and oxygen atoms in total. The second-order valence-corrected chi connectivity index (χ2v) is 8.49. The molecule has 0 heterocycles. The third kappa shape index (κ3) is 5.48. The number of amides is 1. The van der Waals surface area contributed by atoms with E-state index in [9.17, 15) is 17.6 Å². The van der Waals surface area contributed by atoms with Crippen LogP contribution < -0.4 is 14.8 Å². The highest BCUT2D eigenvalue weighted by Crippen LogP contribution is 2.29. The van der Waals surface area contributed by atoms with Crippen LogP contribution >= 0.6 is 0 Å². The summed E-state index contributed by atoms with van der Waals surface area (Å²) >= 11 is 0. The third-order valence-electron chi connectivity index (χ3n) is 4.56. The zero-order chi connectivity index (χ0) is 22.4. The number of benzene rings is 3. The van der Waals surface area contributed by atoms with Crippen LogP contribution in [0.15, 0.2) is 77.7 Å². The third-order valence-corrected chi connectivity index (χ3v) is 6.10. The maximum absolute atomic E-state index is 14.0. The van der Waals surface area contributed by atoms with E-state index in [4.69, 9.17) is 4.74 Å². The summed E-state index contributed by atoms with van der Waals surface area (Å²) in [5, 5.41) is 2.55. The predicted molar refractivity (Wildman–Crippen MR) is 117 cm³/mol. The van der Waals surface area contributed by atoms with Gasteiger partial charge in [-0.2, -0.15) is 0 Å². The minimum absolute atomic E-state index is 0.0532. The van der Waals surface area contributed by atoms with Crippen LogP contribution in [0.3, 0.4) is 0 Å². The first-order valence-corrected chi connectivity index (χ1v) is 11.2. The van der Waals surface area contributed by atoms with Gasteiger partial charge in [0.15, 0.2) is 0 Å². The number of carbonyl (C=O) groups excluding carboxylic acids is 1. The van der Waals surface area contributed by atoms with Crippen LogP contribution in [-0.4, -0.2) is 20.9 Å². The molecule has 3 aromatic rings. The van der Waals surface area contributed by atoms with Crippen LogP contribution in [-0.2, 0) is 10.0 Å². The molecule has 162 valence electrons. The van der Waals surface area contributed by atoms with Crippen molar-refractivity contribution in [3.05, 3.63) is 89.7 Å². The minimum atomic E-state index is -3.90. The monoisotopic (exact) mass is 442 g/mol. The van der Waals surface area contributed by atoms with Crippen molar-refractivity contribution < 1.29 is 22.3 Å². The van der Waals surface area contributed by atoms with Gasteiger partial charge >= 0.3 is 0 Å². The van der Waals surface area contributed by atoms with Crippen LogP contribution in [0, 0.1) is 5.82 Å². The molecule has 0 aromatic heterocycles. The summed E-state index contributed by atoms with van der Waals surface area (Å²) in [6.45, 7) is 3.80. The van der Waals surface area contributed by atoms with E-state index in [1.54, 1.807) is 13.8 Å². The van der Waals surface area contributed by atoms with E-state index in [2.05, 4.69) is 10.0 Å². The fourth-order valence-corrected chi connectivity index (χ4v) is 4.26. The molecule has 0 saturated heterocycles. The first-order valence-electron chi connectivity index (χ1n) is 9.72. The van der Waals surface area contributed by atoms with Gasteiger partial charge in [0.25, 0.3) is 5.91 Å². The number of ether oxygens (including phenoxy) is 1. The molecule has 3 rings (SSSR count). The Hall–Kier alpha value is -3.23. The SMILES string of the molecule is CCOc1ccc(S(=O)(=O)N[C@@H](C)c2ccccc2)cc1NC(=O)c1ccccc1F. The lowest BCUT2D eigenvalue weighted by Gasteiger charge is -2.17. The highest BCUT2D eigenvalue weighted by atomic mass is 32.2. The summed E-state index contributed by atoms with van der Waals surface area (Å²) in [6.07, 6.45) is 0. The minimum Gasteiger partial charge on any atom is -0.492 e. The normalized spacial score (nSPS) is 12.2. The highest BCUT2D eigenvalue weighted by molar-refractivity contribution is 7.89. The van der Waals surface area contributed by atoms with Gasteiger partial charge in [-0.3, -0.25) is 4.79 Å². The molecule has 8 heteroatoms. The van der Waals surface area contributed by atoms with Gasteiger partial charge in [-0.1, -0.05) is 42.5 Å². The van der Waals surface area contributed by atoms with Crippen molar-refractivity contribution in [1.29, 1.82) is 0 Å². The first-order chi connectivity index (χ1) is 14.8. The number of carbonyl (C=O) groups is 1. The van der Waals surface area contributed by atoms with Crippen molar-refractivity contribution in [2.75, 3.05) is 11.9 Å². The lowest BCUT2D eigenvalue weighted by molar-refractivity contribution is 0.102. The van der Waals surface area contributed by atoms with Crippen LogP contribution in [0.5, 0.6) is 5.75 Å². The van der Waals surface area contributed by atoms with Gasteiger partial charge in [-0.25, -0.2) is 17.5 Å². The van der Waals surface area contributed by atoms with Crippen LogP contribution in [0.1, 0.15) is 35.8 Å². The zero-order valence-corrected chi connectivity index (χ0v) is 17.9. The number of sulfonamides is 1. The summed E-state index contributed by atoms with van der Waals surface area (Å²) in [5.74, 6) is -1.11. The fourth-order valence-electron chi connectivity index (χ4n) is 3.00. The molecule has 3 aromatic carbocycles. The maximum Gasteiger partial charge on any atom is 0.258 e. The van der Waals surface area contributed by atoms with Crippen molar-refractivity contribution in [2.45, 2.75) is 24.8 Å². The Balaban J connectivity index is 1.90. The summed E-state index contributed by atoms with van der Waals surface area (Å²) in [4.78, 5) is 12.5. The van der Waals surface area contributed by atoms with Gasteiger partial charge in [0, 0.05) is 6.04 Å². The molecule has 0 fully saturated rings. The molecule has 0 aliphatic carbocycles. The van der Waals surface area contributed by atoms with Crippen molar-refractivity contribution in [3.8, 4) is 5.75 Å². The smallest absolute Gasteiger partial charge is 0.258 e. The quantitative estimate of drug-likeness (QED) is 0.537. The number of nitrogens with one attached hydrogen (secondary N) is 2. The molecule has 0 radical (unpaired) electrons. The van der Waals surface area contributed by atoms with Gasteiger partial charge in [0.1, 0.15) is 11.6 Å². The van der Waals surface area contributed by atoms with E-state index in [1.165, 1.54) is 42.5 Å². The standard InChI is InChI=1S/C23H23FN2O4S/c1-3-30-22-14-13-18(31(28,29)26-16(2)17-9-5-4-6-10-17)15-21(22)25-23(27)19-11-7-8-12-20(19)24/h4-16,26H,3H2,1-2H3,(H,25,27)/t16-/m0/s1. The summed E-state index contributed by atoms with van der Waals surface area (Å²) < 4.78 is 47.9. The molecular formula is C23H23FN2O4S. The Kier molecular flexibility index (Phi) is 7.04. The van der Waals surface area contributed by atoms with E-state index in [1.807, 2.05) is 30.3 Å². The number of anilines is 1. The average molecular weight is 443 g/mol. The van der Waals surface area contributed by atoms with Crippen LogP contribution in [0.2, 0.25) is 0 Å². The Labute approximate surface area is 181 Å². The number of hydrogen-bond donors (Lipinski definition) is 2. The largest absolute Gasteiger partial charge is 0.492 e. The number of rotatable bonds is 8. The highest BCUT2D eigenvalue weighted by Gasteiger charge is 2.21. The van der Waals surface area contributed by atoms with Crippen LogP contribution in [0.4, 0.5) is 10.1 Å². The second kappa shape index (κ2) is 9.72. The van der Waals surface area contributed by atoms with E-state index < -0.39 is 27.8 Å². The molecule has 0 saturated carbocycles. The predicted octanol–water partition coefficient (Wildman–Crippen LogP) is 4.52. The Bertz CT molecular complexity index is 1170. The van der Waals surface area contributed by atoms with Gasteiger partial charge in [0.2, 0.25) is 10.0 Å². The molecule has 0 aliphatic rings. The molecule has 1 amide bonds. The van der Waals surface area contributed by atoms with E-state index in [-0.39, 0.29) is 21.9 Å². The maximum atomic E-state index is 14.0. The topological polar surface area (TPSA) is 84.5 Å². The van der Waals surface area contributed by atoms with Gasteiger partial charge in [0.05, 0.1) is 22.8 Å². The van der Waals surface area contributed by atoms with Gasteiger partial charge in [-0.15, -0.1) is 0 Å². The molecule has 2 N–H and O–H groups in total. The molecule has 0 bridgehead atoms. The Morgan fingerprint density at radius 1 is 1.03 bits per heavy atom. The Morgan fingerprint density at radius 2 is 1.71 bits per heavy atom. The van der Waals surface area contributed by atoms with Crippen molar-refractivity contribution in [1.82, 2.24) is 4.72 Å². The summed E-state index contributed by atoms with van der Waals surface area (Å²) in [6, 6.07) is 18.4. The molecule has 1 atom stereocenters. The van der Waals surface area contributed by atoms with Gasteiger partial charge in [-0.05, 0) is 49.7 Å². The molecular weight excluding hydrogens is 419 g/mol. The summed E-state index contributed by atoms with van der Waals surface area (Å²) in [5.41, 5.74) is 0.782. The fraction of sp³-hybridized carbons (Fsp3) is 0.174. The zero-order valence-electron chi connectivity index (χ0n) is 17.1. The van der Waals surface area contributed by atoms with Crippen molar-refractivity contribution >= 4 is 21.6 Å². The lowest BCUT2D eigenvalue weighted by atomic mass is 10.1. The van der Waals surface area contributed by atoms with Crippen molar-refractivity contribution in [2.24, 2.45) is 0 Å². The Morgan fingerprint density at radius 3 is 2.39 bits per heavy atom. The first kappa shape index (κ1) is 22.5. The lowest BCUT2D eigenvalue weighted by Crippen LogP contribution is -2.27. The van der Waals surface area contributed by atoms with E-state index in [0.717, 1.165) is 5.56 Å². The van der Waals surface area contributed by atoms with Crippen LogP contribution in [0.25, 0.3) is 0 Å². The molecule has 0 aliphatic heterocycles.